The van der Waals surface area contributed by atoms with Gasteiger partial charge in [0.1, 0.15) is 0 Å². The first kappa shape index (κ1) is 8.68. The Bertz CT molecular complexity index is 180. The van der Waals surface area contributed by atoms with Crippen LogP contribution in [0.1, 0.15) is 6.92 Å². The molecule has 4 heteroatoms. The molecule has 0 aliphatic heterocycles. The van der Waals surface area contributed by atoms with Crippen molar-refractivity contribution in [2.45, 2.75) is 6.92 Å². The van der Waals surface area contributed by atoms with Crippen molar-refractivity contribution >= 4 is 11.8 Å². The molecule has 0 aromatic heterocycles. The summed E-state index contributed by atoms with van der Waals surface area (Å²) in [6.07, 6.45) is 0.919. The Kier molecular flexibility index (Phi) is 3.17. The highest BCUT2D eigenvalue weighted by Crippen LogP contribution is 1.91. The van der Waals surface area contributed by atoms with E-state index in [1.54, 1.807) is 0 Å². The molecule has 0 saturated heterocycles. The molecular weight excluding hydrogens is 136 g/mol. The smallest absolute Gasteiger partial charge is 0.376 e. The van der Waals surface area contributed by atoms with E-state index in [4.69, 9.17) is 5.11 Å². The average molecular weight is 144 g/mol. The van der Waals surface area contributed by atoms with E-state index in [1.165, 1.54) is 14.0 Å². The number of carbonyl (C=O) groups is 2. The van der Waals surface area contributed by atoms with Crippen LogP contribution in [0.5, 0.6) is 0 Å². The Morgan fingerprint density at radius 1 is 1.50 bits per heavy atom. The van der Waals surface area contributed by atoms with Crippen LogP contribution in [0, 0.1) is 0 Å². The molecule has 10 heavy (non-hydrogen) atoms. The van der Waals surface area contributed by atoms with Gasteiger partial charge in [0.15, 0.2) is 0 Å². The van der Waals surface area contributed by atoms with E-state index in [0.29, 0.717) is 0 Å². The summed E-state index contributed by atoms with van der Waals surface area (Å²) in [5, 5.41) is 8.08. The van der Waals surface area contributed by atoms with Crippen LogP contribution >= 0.6 is 0 Å². The molecule has 0 atom stereocenters. The minimum absolute atomic E-state index is 0.285. The molecule has 0 aliphatic carbocycles. The summed E-state index contributed by atoms with van der Waals surface area (Å²) in [4.78, 5) is 20.3. The highest BCUT2D eigenvalue weighted by Gasteiger charge is 2.07. The molecule has 0 unspecified atom stereocenters. The quantitative estimate of drug-likeness (QED) is 0.349. The Morgan fingerprint density at radius 2 is 2.00 bits per heavy atom. The molecule has 0 aliphatic rings. The summed E-state index contributed by atoms with van der Waals surface area (Å²) in [5.74, 6) is -2.16. The van der Waals surface area contributed by atoms with E-state index in [9.17, 15) is 9.59 Å². The number of ether oxygens (including phenoxy) is 1. The first-order chi connectivity index (χ1) is 4.57. The van der Waals surface area contributed by atoms with E-state index in [2.05, 4.69) is 4.74 Å². The van der Waals surface area contributed by atoms with Crippen molar-refractivity contribution in [2.24, 2.45) is 0 Å². The van der Waals surface area contributed by atoms with E-state index in [1.807, 2.05) is 0 Å². The zero-order valence-electron chi connectivity index (χ0n) is 5.75. The van der Waals surface area contributed by atoms with Crippen LogP contribution in [-0.2, 0) is 14.3 Å². The van der Waals surface area contributed by atoms with Crippen LogP contribution in [-0.4, -0.2) is 24.0 Å². The van der Waals surface area contributed by atoms with Gasteiger partial charge in [-0.1, -0.05) is 0 Å². The van der Waals surface area contributed by atoms with Gasteiger partial charge in [-0.3, -0.25) is 4.79 Å². The van der Waals surface area contributed by atoms with E-state index >= 15 is 0 Å². The van der Waals surface area contributed by atoms with Crippen molar-refractivity contribution in [3.8, 4) is 0 Å². The van der Waals surface area contributed by atoms with Gasteiger partial charge >= 0.3 is 5.97 Å². The van der Waals surface area contributed by atoms with Gasteiger partial charge in [-0.2, -0.15) is 0 Å². The minimum atomic E-state index is -1.48. The van der Waals surface area contributed by atoms with Crippen LogP contribution in [0.4, 0.5) is 0 Å². The van der Waals surface area contributed by atoms with Gasteiger partial charge in [-0.05, 0) is 6.92 Å². The van der Waals surface area contributed by atoms with Crippen molar-refractivity contribution in [3.05, 3.63) is 11.8 Å². The Balaban J connectivity index is 4.13. The fourth-order valence-corrected chi connectivity index (χ4v) is 0.305. The summed E-state index contributed by atoms with van der Waals surface area (Å²) in [7, 11) is 1.36. The number of ketones is 1. The van der Waals surface area contributed by atoms with Crippen molar-refractivity contribution in [3.63, 3.8) is 0 Å². The molecule has 0 spiro atoms. The van der Waals surface area contributed by atoms with Crippen LogP contribution in [0.25, 0.3) is 0 Å². The predicted octanol–water partition coefficient (Wildman–Crippen LogP) is 0.190. The van der Waals surface area contributed by atoms with Gasteiger partial charge in [0, 0.05) is 6.08 Å². The summed E-state index contributed by atoms with van der Waals surface area (Å²) in [6, 6.07) is 0. The maximum absolute atomic E-state index is 10.4. The van der Waals surface area contributed by atoms with E-state index < -0.39 is 11.8 Å². The molecular formula is C6H8O4. The summed E-state index contributed by atoms with van der Waals surface area (Å²) in [6.45, 7) is 1.50. The van der Waals surface area contributed by atoms with Gasteiger partial charge in [0.25, 0.3) is 5.78 Å². The Hall–Kier alpha value is -1.32. The van der Waals surface area contributed by atoms with Crippen molar-refractivity contribution < 1.29 is 19.4 Å². The van der Waals surface area contributed by atoms with Crippen LogP contribution < -0.4 is 0 Å². The zero-order chi connectivity index (χ0) is 8.15. The number of carboxylic acid groups (broad SMARTS) is 1. The standard InChI is InChI=1S/C6H8O4/c1-4(10-2)3-5(7)6(8)9/h3H,1-2H3,(H,8,9). The number of allylic oxidation sites excluding steroid dienone is 1. The Morgan fingerprint density at radius 3 is 2.30 bits per heavy atom. The lowest BCUT2D eigenvalue weighted by atomic mass is 10.3. The lowest BCUT2D eigenvalue weighted by Gasteiger charge is -1.94. The van der Waals surface area contributed by atoms with Crippen molar-refractivity contribution in [2.75, 3.05) is 7.11 Å². The summed E-state index contributed by atoms with van der Waals surface area (Å²) < 4.78 is 4.55. The molecule has 0 rings (SSSR count). The van der Waals surface area contributed by atoms with E-state index in [-0.39, 0.29) is 5.76 Å². The van der Waals surface area contributed by atoms with Crippen LogP contribution in [0.2, 0.25) is 0 Å². The molecule has 0 heterocycles. The first-order valence-corrected chi connectivity index (χ1v) is 2.57. The number of methoxy groups -OCH3 is 1. The lowest BCUT2D eigenvalue weighted by Crippen LogP contribution is -2.09. The van der Waals surface area contributed by atoms with Gasteiger partial charge in [-0.15, -0.1) is 0 Å². The third-order valence-electron chi connectivity index (χ3n) is 0.867. The van der Waals surface area contributed by atoms with Crippen molar-refractivity contribution in [1.82, 2.24) is 0 Å². The third-order valence-corrected chi connectivity index (χ3v) is 0.867. The topological polar surface area (TPSA) is 63.6 Å². The van der Waals surface area contributed by atoms with E-state index in [0.717, 1.165) is 6.08 Å². The zero-order valence-corrected chi connectivity index (χ0v) is 5.75. The lowest BCUT2D eigenvalue weighted by molar-refractivity contribution is -0.146. The maximum atomic E-state index is 10.4. The monoisotopic (exact) mass is 144 g/mol. The minimum Gasteiger partial charge on any atom is -0.501 e. The number of hydrogen-bond donors (Lipinski definition) is 1. The number of rotatable bonds is 3. The number of carbonyl (C=O) groups excluding carboxylic acids is 1. The largest absolute Gasteiger partial charge is 0.501 e. The number of hydrogen-bond acceptors (Lipinski definition) is 3. The second-order valence-corrected chi connectivity index (χ2v) is 1.63. The molecule has 0 radical (unpaired) electrons. The summed E-state index contributed by atoms with van der Waals surface area (Å²) >= 11 is 0. The molecule has 0 aromatic carbocycles. The molecule has 0 bridgehead atoms. The Labute approximate surface area is 58.1 Å². The average Bonchev–Trinajstić information content (AvgIpc) is 1.87. The SMILES string of the molecule is COC(C)=CC(=O)C(=O)O. The maximum Gasteiger partial charge on any atom is 0.376 e. The van der Waals surface area contributed by atoms with Crippen LogP contribution in [0.15, 0.2) is 11.8 Å². The second kappa shape index (κ2) is 3.66. The fourth-order valence-electron chi connectivity index (χ4n) is 0.305. The second-order valence-electron chi connectivity index (χ2n) is 1.63. The number of carboxylic acids is 1. The van der Waals surface area contributed by atoms with Gasteiger partial charge in [-0.25, -0.2) is 4.79 Å². The number of aliphatic carboxylic acids is 1. The fraction of sp³-hybridized carbons (Fsp3) is 0.333. The molecule has 56 valence electrons. The van der Waals surface area contributed by atoms with Crippen LogP contribution in [0.3, 0.4) is 0 Å². The molecule has 0 aromatic rings. The first-order valence-electron chi connectivity index (χ1n) is 2.57. The molecule has 4 nitrogen and oxygen atoms in total. The van der Waals surface area contributed by atoms with Crippen molar-refractivity contribution in [1.29, 1.82) is 0 Å². The predicted molar refractivity (Wildman–Crippen MR) is 33.4 cm³/mol. The molecule has 0 saturated carbocycles. The van der Waals surface area contributed by atoms with Gasteiger partial charge in [0.2, 0.25) is 0 Å². The molecule has 0 fully saturated rings. The molecule has 1 N–H and O–H groups in total. The van der Waals surface area contributed by atoms with Gasteiger partial charge in [0.05, 0.1) is 12.9 Å². The highest BCUT2D eigenvalue weighted by atomic mass is 16.5. The summed E-state index contributed by atoms with van der Waals surface area (Å²) in [5.41, 5.74) is 0. The highest BCUT2D eigenvalue weighted by molar-refractivity contribution is 6.37. The normalized spacial score (nSPS) is 10.8. The third kappa shape index (κ3) is 2.86. The van der Waals surface area contributed by atoms with Gasteiger partial charge < -0.3 is 9.84 Å². The molecule has 0 amide bonds.